The van der Waals surface area contributed by atoms with Crippen molar-refractivity contribution in [2.24, 2.45) is 0 Å². The summed E-state index contributed by atoms with van der Waals surface area (Å²) < 4.78 is 4.57. The Labute approximate surface area is 63.2 Å². The molecule has 1 aliphatic heterocycles. The van der Waals surface area contributed by atoms with E-state index in [9.17, 15) is 4.79 Å². The number of ether oxygens (including phenoxy) is 1. The van der Waals surface area contributed by atoms with Crippen LogP contribution in [0.2, 0.25) is 0 Å². The summed E-state index contributed by atoms with van der Waals surface area (Å²) in [6, 6.07) is 0. The molecule has 1 heterocycles. The second-order valence-corrected chi connectivity index (χ2v) is 2.50. The number of carboxylic acid groups (broad SMARTS) is 1. The minimum atomic E-state index is -1.36. The van der Waals surface area contributed by atoms with Crippen LogP contribution in [0.25, 0.3) is 0 Å². The lowest BCUT2D eigenvalue weighted by Crippen LogP contribution is -2.41. The number of carboxylic acids is 1. The first kappa shape index (κ1) is 8.45. The van der Waals surface area contributed by atoms with E-state index in [2.05, 4.69) is 4.74 Å². The number of aliphatic hydroxyl groups is 2. The molecule has 5 nitrogen and oxygen atoms in total. The molecule has 1 rings (SSSR count). The van der Waals surface area contributed by atoms with E-state index < -0.39 is 24.5 Å². The smallest absolute Gasteiger partial charge is 0.332 e. The van der Waals surface area contributed by atoms with Crippen LogP contribution in [0.3, 0.4) is 0 Å². The Bertz CT molecular complexity index is 157. The third-order valence-electron chi connectivity index (χ3n) is 1.63. The zero-order valence-electron chi connectivity index (χ0n) is 5.80. The Morgan fingerprint density at radius 2 is 2.00 bits per heavy atom. The van der Waals surface area contributed by atoms with E-state index in [1.165, 1.54) is 0 Å². The van der Waals surface area contributed by atoms with Crippen molar-refractivity contribution in [3.8, 4) is 0 Å². The maximum absolute atomic E-state index is 10.3. The molecule has 5 heteroatoms. The zero-order chi connectivity index (χ0) is 8.43. The van der Waals surface area contributed by atoms with Crippen molar-refractivity contribution in [1.29, 1.82) is 0 Å². The molecule has 1 saturated heterocycles. The maximum atomic E-state index is 10.3. The zero-order valence-corrected chi connectivity index (χ0v) is 5.80. The van der Waals surface area contributed by atoms with Crippen molar-refractivity contribution in [2.45, 2.75) is 31.3 Å². The fourth-order valence-corrected chi connectivity index (χ4v) is 0.973. The van der Waals surface area contributed by atoms with E-state index in [-0.39, 0.29) is 12.8 Å². The van der Waals surface area contributed by atoms with Gasteiger partial charge in [-0.05, 0) is 12.8 Å². The van der Waals surface area contributed by atoms with Gasteiger partial charge >= 0.3 is 5.97 Å². The highest BCUT2D eigenvalue weighted by atomic mass is 16.6. The predicted molar refractivity (Wildman–Crippen MR) is 33.8 cm³/mol. The average molecular weight is 162 g/mol. The molecule has 1 fully saturated rings. The Hall–Kier alpha value is -0.650. The van der Waals surface area contributed by atoms with Gasteiger partial charge in [-0.3, -0.25) is 0 Å². The molecule has 0 aliphatic carbocycles. The average Bonchev–Trinajstić information content (AvgIpc) is 1.94. The summed E-state index contributed by atoms with van der Waals surface area (Å²) >= 11 is 0. The van der Waals surface area contributed by atoms with Crippen LogP contribution in [0.4, 0.5) is 0 Å². The highest BCUT2D eigenvalue weighted by Gasteiger charge is 2.31. The molecular weight excluding hydrogens is 152 g/mol. The molecule has 0 spiro atoms. The summed E-state index contributed by atoms with van der Waals surface area (Å²) in [5.74, 6) is -1.10. The molecule has 0 amide bonds. The van der Waals surface area contributed by atoms with E-state index in [4.69, 9.17) is 15.3 Å². The first-order valence-electron chi connectivity index (χ1n) is 3.35. The summed E-state index contributed by atoms with van der Waals surface area (Å²) in [5.41, 5.74) is 0. The topological polar surface area (TPSA) is 87.0 Å². The number of aliphatic hydroxyl groups excluding tert-OH is 2. The summed E-state index contributed by atoms with van der Waals surface area (Å²) in [5, 5.41) is 26.2. The van der Waals surface area contributed by atoms with Crippen LogP contribution in [-0.2, 0) is 9.53 Å². The molecule has 0 saturated carbocycles. The third-order valence-corrected chi connectivity index (χ3v) is 1.63. The Morgan fingerprint density at radius 1 is 1.36 bits per heavy atom. The van der Waals surface area contributed by atoms with Crippen LogP contribution in [0.5, 0.6) is 0 Å². The third kappa shape index (κ3) is 1.89. The summed E-state index contributed by atoms with van der Waals surface area (Å²) in [4.78, 5) is 10.3. The summed E-state index contributed by atoms with van der Waals surface area (Å²) in [6.07, 6.45) is -2.78. The number of aliphatic carboxylic acids is 1. The number of hydrogen-bond donors (Lipinski definition) is 3. The molecule has 0 radical (unpaired) electrons. The maximum Gasteiger partial charge on any atom is 0.332 e. The first-order chi connectivity index (χ1) is 5.11. The SMILES string of the molecule is O=C(O)C1CCC(O)[C@H](O)O1. The van der Waals surface area contributed by atoms with Gasteiger partial charge in [-0.2, -0.15) is 0 Å². The van der Waals surface area contributed by atoms with Crippen LogP contribution < -0.4 is 0 Å². The molecule has 1 aliphatic rings. The molecule has 0 aromatic carbocycles. The minimum absolute atomic E-state index is 0.244. The van der Waals surface area contributed by atoms with Crippen LogP contribution in [0, 0.1) is 0 Å². The van der Waals surface area contributed by atoms with E-state index in [0.29, 0.717) is 0 Å². The van der Waals surface area contributed by atoms with Crippen LogP contribution in [0.15, 0.2) is 0 Å². The minimum Gasteiger partial charge on any atom is -0.479 e. The number of carbonyl (C=O) groups is 1. The molecule has 0 bridgehead atoms. The second-order valence-electron chi connectivity index (χ2n) is 2.50. The van der Waals surface area contributed by atoms with E-state index in [1.807, 2.05) is 0 Å². The molecule has 0 aromatic heterocycles. The van der Waals surface area contributed by atoms with Gasteiger partial charge in [-0.15, -0.1) is 0 Å². The van der Waals surface area contributed by atoms with E-state index in [1.54, 1.807) is 0 Å². The van der Waals surface area contributed by atoms with Crippen LogP contribution in [0.1, 0.15) is 12.8 Å². The molecule has 64 valence electrons. The van der Waals surface area contributed by atoms with Crippen LogP contribution in [-0.4, -0.2) is 39.8 Å². The highest BCUT2D eigenvalue weighted by Crippen LogP contribution is 2.17. The van der Waals surface area contributed by atoms with Gasteiger partial charge in [0, 0.05) is 0 Å². The molecule has 2 unspecified atom stereocenters. The van der Waals surface area contributed by atoms with Crippen LogP contribution >= 0.6 is 0 Å². The summed E-state index contributed by atoms with van der Waals surface area (Å²) in [6.45, 7) is 0. The highest BCUT2D eigenvalue weighted by molar-refractivity contribution is 5.72. The molecule has 11 heavy (non-hydrogen) atoms. The van der Waals surface area contributed by atoms with Gasteiger partial charge < -0.3 is 20.1 Å². The largest absolute Gasteiger partial charge is 0.479 e. The van der Waals surface area contributed by atoms with Crippen molar-refractivity contribution >= 4 is 5.97 Å². The van der Waals surface area contributed by atoms with Gasteiger partial charge in [0.1, 0.15) is 6.10 Å². The lowest BCUT2D eigenvalue weighted by Gasteiger charge is -2.27. The van der Waals surface area contributed by atoms with Gasteiger partial charge in [0.15, 0.2) is 12.4 Å². The number of hydrogen-bond acceptors (Lipinski definition) is 4. The lowest BCUT2D eigenvalue weighted by molar-refractivity contribution is -0.221. The monoisotopic (exact) mass is 162 g/mol. The van der Waals surface area contributed by atoms with Crippen molar-refractivity contribution in [2.75, 3.05) is 0 Å². The Balaban J connectivity index is 2.46. The van der Waals surface area contributed by atoms with Crippen molar-refractivity contribution in [1.82, 2.24) is 0 Å². The quantitative estimate of drug-likeness (QED) is 0.457. The van der Waals surface area contributed by atoms with Crippen molar-refractivity contribution in [3.63, 3.8) is 0 Å². The molecule has 3 N–H and O–H groups in total. The second kappa shape index (κ2) is 3.17. The Kier molecular flexibility index (Phi) is 2.43. The van der Waals surface area contributed by atoms with E-state index in [0.717, 1.165) is 0 Å². The summed E-state index contributed by atoms with van der Waals surface area (Å²) in [7, 11) is 0. The van der Waals surface area contributed by atoms with Gasteiger partial charge in [-0.25, -0.2) is 4.79 Å². The van der Waals surface area contributed by atoms with E-state index >= 15 is 0 Å². The van der Waals surface area contributed by atoms with Gasteiger partial charge in [0.25, 0.3) is 0 Å². The fraction of sp³-hybridized carbons (Fsp3) is 0.833. The van der Waals surface area contributed by atoms with Gasteiger partial charge in [-0.1, -0.05) is 0 Å². The van der Waals surface area contributed by atoms with Gasteiger partial charge in [0.2, 0.25) is 0 Å². The molecule has 3 atom stereocenters. The van der Waals surface area contributed by atoms with Gasteiger partial charge in [0.05, 0.1) is 0 Å². The lowest BCUT2D eigenvalue weighted by atomic mass is 10.1. The number of rotatable bonds is 1. The first-order valence-corrected chi connectivity index (χ1v) is 3.35. The van der Waals surface area contributed by atoms with Crippen molar-refractivity contribution in [3.05, 3.63) is 0 Å². The fourth-order valence-electron chi connectivity index (χ4n) is 0.973. The molecular formula is C6H10O5. The standard InChI is InChI=1S/C6H10O5/c7-3-1-2-4(5(8)9)11-6(3)10/h3-4,6-7,10H,1-2H2,(H,8,9)/t3?,4?,6-/m1/s1. The predicted octanol–water partition coefficient (Wildman–Crippen LogP) is -1.07. The molecule has 0 aromatic rings. The normalized spacial score (nSPS) is 38.5. The van der Waals surface area contributed by atoms with Crippen molar-refractivity contribution < 1.29 is 24.9 Å². The Morgan fingerprint density at radius 3 is 2.45 bits per heavy atom.